The first kappa shape index (κ1) is 10.2. The second-order valence-corrected chi connectivity index (χ2v) is 3.73. The lowest BCUT2D eigenvalue weighted by atomic mass is 10.4. The van der Waals surface area contributed by atoms with E-state index in [-0.39, 0.29) is 5.01 Å². The van der Waals surface area contributed by atoms with E-state index >= 15 is 0 Å². The highest BCUT2D eigenvalue weighted by Gasteiger charge is 2.06. The molecule has 0 saturated carbocycles. The molecule has 68 valence electrons. The number of carboxylic acid groups (broad SMARTS) is 1. The lowest BCUT2D eigenvalue weighted by Crippen LogP contribution is -1.94. The average molecular weight is 260 g/mol. The molecule has 0 amide bonds. The molecule has 1 aromatic rings. The van der Waals surface area contributed by atoms with Gasteiger partial charge in [0.2, 0.25) is 5.01 Å². The van der Waals surface area contributed by atoms with Gasteiger partial charge in [-0.2, -0.15) is 0 Å². The van der Waals surface area contributed by atoms with Gasteiger partial charge < -0.3 is 5.11 Å². The minimum absolute atomic E-state index is 0.0862. The van der Waals surface area contributed by atoms with E-state index < -0.39 is 5.97 Å². The number of aromatic nitrogens is 1. The van der Waals surface area contributed by atoms with E-state index in [1.54, 1.807) is 5.38 Å². The predicted octanol–water partition coefficient (Wildman–Crippen LogP) is 1.98. The smallest absolute Gasteiger partial charge is 0.365 e. The molecule has 5 heteroatoms. The van der Waals surface area contributed by atoms with E-state index in [0.717, 1.165) is 23.1 Å². The van der Waals surface area contributed by atoms with Gasteiger partial charge in [-0.25, -0.2) is 9.78 Å². The Bertz CT molecular complexity index is 364. The molecule has 0 fully saturated rings. The fourth-order valence-corrected chi connectivity index (χ4v) is 1.41. The zero-order valence-corrected chi connectivity index (χ0v) is 8.98. The minimum atomic E-state index is -1.00. The van der Waals surface area contributed by atoms with Gasteiger partial charge in [0.25, 0.3) is 0 Å². The number of carbonyl (C=O) groups is 1. The Kier molecular flexibility index (Phi) is 3.93. The van der Waals surface area contributed by atoms with E-state index in [0.29, 0.717) is 5.69 Å². The zero-order valence-electron chi connectivity index (χ0n) is 6.58. The molecule has 0 bridgehead atoms. The summed E-state index contributed by atoms with van der Waals surface area (Å²) in [5.41, 5.74) is 0.531. The molecule has 0 atom stereocenters. The number of alkyl halides is 1. The van der Waals surface area contributed by atoms with Crippen molar-refractivity contribution >= 4 is 33.2 Å². The summed E-state index contributed by atoms with van der Waals surface area (Å²) in [7, 11) is 0. The summed E-state index contributed by atoms with van der Waals surface area (Å²) >= 11 is 4.33. The summed E-state index contributed by atoms with van der Waals surface area (Å²) in [6.45, 7) is 0. The van der Waals surface area contributed by atoms with Crippen molar-refractivity contribution in [2.75, 3.05) is 5.33 Å². The molecule has 0 spiro atoms. The summed E-state index contributed by atoms with van der Waals surface area (Å²) in [5.74, 6) is 4.63. The van der Waals surface area contributed by atoms with Crippen LogP contribution in [-0.2, 0) is 0 Å². The van der Waals surface area contributed by atoms with Gasteiger partial charge in [0.15, 0.2) is 0 Å². The maximum Gasteiger partial charge on any atom is 0.365 e. The van der Waals surface area contributed by atoms with Crippen molar-refractivity contribution in [1.82, 2.24) is 4.98 Å². The molecule has 0 saturated heterocycles. The van der Waals surface area contributed by atoms with E-state index in [9.17, 15) is 4.79 Å². The number of rotatable bonds is 2. The van der Waals surface area contributed by atoms with Gasteiger partial charge in [-0.15, -0.1) is 11.3 Å². The van der Waals surface area contributed by atoms with Crippen molar-refractivity contribution in [2.24, 2.45) is 0 Å². The van der Waals surface area contributed by atoms with Crippen LogP contribution in [0.2, 0.25) is 0 Å². The van der Waals surface area contributed by atoms with E-state index in [1.807, 2.05) is 0 Å². The molecular formula is C8H6BrNO2S. The van der Waals surface area contributed by atoms with Gasteiger partial charge >= 0.3 is 5.97 Å². The van der Waals surface area contributed by atoms with Gasteiger partial charge in [0.1, 0.15) is 5.69 Å². The van der Waals surface area contributed by atoms with Crippen LogP contribution in [0.5, 0.6) is 0 Å². The first-order chi connectivity index (χ1) is 6.24. The van der Waals surface area contributed by atoms with Crippen LogP contribution in [0.3, 0.4) is 0 Å². The van der Waals surface area contributed by atoms with Crippen LogP contribution in [0.15, 0.2) is 5.38 Å². The van der Waals surface area contributed by atoms with Crippen molar-refractivity contribution < 1.29 is 9.90 Å². The predicted molar refractivity (Wildman–Crippen MR) is 54.4 cm³/mol. The molecule has 0 aliphatic carbocycles. The van der Waals surface area contributed by atoms with Crippen LogP contribution in [0.25, 0.3) is 0 Å². The van der Waals surface area contributed by atoms with Gasteiger partial charge in [0.05, 0.1) is 0 Å². The Morgan fingerprint density at radius 2 is 2.54 bits per heavy atom. The monoisotopic (exact) mass is 259 g/mol. The lowest BCUT2D eigenvalue weighted by Gasteiger charge is -1.80. The molecule has 0 radical (unpaired) electrons. The fourth-order valence-electron chi connectivity index (χ4n) is 0.630. The van der Waals surface area contributed by atoms with Gasteiger partial charge in [-0.05, 0) is 5.92 Å². The van der Waals surface area contributed by atoms with E-state index in [2.05, 4.69) is 32.8 Å². The third-order valence-corrected chi connectivity index (χ3v) is 2.35. The Balaban J connectivity index is 2.71. The molecule has 0 aliphatic rings. The van der Waals surface area contributed by atoms with Crippen molar-refractivity contribution in [1.29, 1.82) is 0 Å². The Hall–Kier alpha value is -0.860. The summed E-state index contributed by atoms with van der Waals surface area (Å²) in [4.78, 5) is 14.2. The second-order valence-electron chi connectivity index (χ2n) is 2.08. The Labute approximate surface area is 87.9 Å². The molecular weight excluding hydrogens is 254 g/mol. The fraction of sp³-hybridized carbons (Fsp3) is 0.250. The van der Waals surface area contributed by atoms with Crippen molar-refractivity contribution in [3.63, 3.8) is 0 Å². The maximum absolute atomic E-state index is 10.4. The van der Waals surface area contributed by atoms with Crippen LogP contribution in [0.4, 0.5) is 0 Å². The summed E-state index contributed by atoms with van der Waals surface area (Å²) in [6.07, 6.45) is 0.736. The molecule has 0 aromatic carbocycles. The molecule has 0 unspecified atom stereocenters. The topological polar surface area (TPSA) is 50.2 Å². The standard InChI is InChI=1S/C8H6BrNO2S/c9-4-2-1-3-6-5-13-7(10-6)8(11)12/h5H,2,4H2,(H,11,12). The quantitative estimate of drug-likeness (QED) is 0.653. The van der Waals surface area contributed by atoms with Gasteiger partial charge in [-0.1, -0.05) is 21.9 Å². The summed E-state index contributed by atoms with van der Waals surface area (Å²) < 4.78 is 0. The van der Waals surface area contributed by atoms with E-state index in [1.165, 1.54) is 0 Å². The van der Waals surface area contributed by atoms with Crippen LogP contribution < -0.4 is 0 Å². The minimum Gasteiger partial charge on any atom is -0.476 e. The Morgan fingerprint density at radius 1 is 1.77 bits per heavy atom. The number of thiazole rings is 1. The summed E-state index contributed by atoms with van der Waals surface area (Å²) in [6, 6.07) is 0. The number of aromatic carboxylic acids is 1. The highest BCUT2D eigenvalue weighted by Crippen LogP contribution is 2.08. The largest absolute Gasteiger partial charge is 0.476 e. The molecule has 13 heavy (non-hydrogen) atoms. The van der Waals surface area contributed by atoms with Gasteiger partial charge in [0, 0.05) is 17.1 Å². The molecule has 1 N–H and O–H groups in total. The first-order valence-corrected chi connectivity index (χ1v) is 5.48. The van der Waals surface area contributed by atoms with Crippen molar-refractivity contribution in [3.05, 3.63) is 16.1 Å². The van der Waals surface area contributed by atoms with Gasteiger partial charge in [-0.3, -0.25) is 0 Å². The van der Waals surface area contributed by atoms with E-state index in [4.69, 9.17) is 5.11 Å². The normalized spacial score (nSPS) is 9.00. The second kappa shape index (κ2) is 5.00. The van der Waals surface area contributed by atoms with Crippen LogP contribution in [-0.4, -0.2) is 21.4 Å². The number of hydrogen-bond acceptors (Lipinski definition) is 3. The molecule has 1 heterocycles. The highest BCUT2D eigenvalue weighted by molar-refractivity contribution is 9.09. The molecule has 0 aliphatic heterocycles. The lowest BCUT2D eigenvalue weighted by molar-refractivity contribution is 0.0696. The number of nitrogens with zero attached hydrogens (tertiary/aromatic N) is 1. The first-order valence-electron chi connectivity index (χ1n) is 3.47. The Morgan fingerprint density at radius 3 is 3.08 bits per heavy atom. The number of halogens is 1. The van der Waals surface area contributed by atoms with Crippen molar-refractivity contribution in [2.45, 2.75) is 6.42 Å². The third-order valence-electron chi connectivity index (χ3n) is 1.12. The molecule has 1 aromatic heterocycles. The van der Waals surface area contributed by atoms with Crippen LogP contribution in [0.1, 0.15) is 21.9 Å². The van der Waals surface area contributed by atoms with Crippen LogP contribution in [0, 0.1) is 11.8 Å². The molecule has 1 rings (SSSR count). The SMILES string of the molecule is O=C(O)c1nc(C#CCCBr)cs1. The van der Waals surface area contributed by atoms with Crippen LogP contribution >= 0.6 is 27.3 Å². The maximum atomic E-state index is 10.4. The number of hydrogen-bond donors (Lipinski definition) is 1. The number of carboxylic acids is 1. The van der Waals surface area contributed by atoms with Crippen molar-refractivity contribution in [3.8, 4) is 11.8 Å². The third kappa shape index (κ3) is 3.17. The average Bonchev–Trinajstić information content (AvgIpc) is 2.53. The summed E-state index contributed by atoms with van der Waals surface area (Å²) in [5, 5.41) is 11.1. The molecule has 3 nitrogen and oxygen atoms in total. The highest BCUT2D eigenvalue weighted by atomic mass is 79.9. The zero-order chi connectivity index (χ0) is 9.68.